The van der Waals surface area contributed by atoms with Crippen molar-refractivity contribution in [3.63, 3.8) is 0 Å². The molecule has 34 heavy (non-hydrogen) atoms. The van der Waals surface area contributed by atoms with Crippen molar-refractivity contribution in [1.29, 1.82) is 0 Å². The molecule has 1 aliphatic carbocycles. The van der Waals surface area contributed by atoms with Gasteiger partial charge in [0.2, 0.25) is 5.43 Å². The Labute approximate surface area is 199 Å². The molecule has 0 amide bonds. The quantitative estimate of drug-likeness (QED) is 0.526. The number of methoxy groups -OCH3 is 2. The van der Waals surface area contributed by atoms with E-state index in [1.165, 1.54) is 20.3 Å². The van der Waals surface area contributed by atoms with Crippen LogP contribution in [0.5, 0.6) is 11.5 Å². The smallest absolute Gasteiger partial charge is 0.351 e. The summed E-state index contributed by atoms with van der Waals surface area (Å²) in [4.78, 5) is 28.1. The summed E-state index contributed by atoms with van der Waals surface area (Å²) >= 11 is 1.00. The minimum Gasteiger partial charge on any atom is -0.505 e. The third kappa shape index (κ3) is 3.34. The number of nitrogens with zero attached hydrogens (tertiary/aromatic N) is 2. The van der Waals surface area contributed by atoms with Gasteiger partial charge in [-0.3, -0.25) is 4.79 Å². The topological polar surface area (TPSA) is 107 Å². The maximum Gasteiger partial charge on any atom is 0.351 e. The fourth-order valence-electron chi connectivity index (χ4n) is 5.01. The number of thiophene rings is 1. The summed E-state index contributed by atoms with van der Waals surface area (Å²) in [5.41, 5.74) is 6.17. The Kier molecular flexibility index (Phi) is 5.29. The van der Waals surface area contributed by atoms with Crippen LogP contribution in [0, 0.1) is 11.7 Å². The van der Waals surface area contributed by atoms with Crippen molar-refractivity contribution in [2.24, 2.45) is 11.7 Å². The lowest BCUT2D eigenvalue weighted by Crippen LogP contribution is -2.42. The van der Waals surface area contributed by atoms with E-state index in [1.54, 1.807) is 0 Å². The molecule has 0 spiro atoms. The van der Waals surface area contributed by atoms with Crippen LogP contribution in [0.2, 0.25) is 0 Å². The molecule has 3 aromatic rings. The Balaban J connectivity index is 1.83. The Morgan fingerprint density at radius 2 is 2.00 bits per heavy atom. The Bertz CT molecular complexity index is 1390. The number of carbonyl (C=O) groups is 1. The van der Waals surface area contributed by atoms with Crippen molar-refractivity contribution < 1.29 is 23.8 Å². The van der Waals surface area contributed by atoms with E-state index in [9.17, 15) is 14.7 Å². The van der Waals surface area contributed by atoms with Gasteiger partial charge in [-0.15, -0.1) is 11.3 Å². The van der Waals surface area contributed by atoms with Crippen LogP contribution in [0.3, 0.4) is 0 Å². The van der Waals surface area contributed by atoms with Crippen LogP contribution in [-0.4, -0.2) is 48.5 Å². The molecule has 10 heteroatoms. The molecular formula is C24H28FN3O5S. The van der Waals surface area contributed by atoms with Gasteiger partial charge in [0.05, 0.1) is 25.1 Å². The maximum absolute atomic E-state index is 15.6. The number of pyridine rings is 1. The normalized spacial score (nSPS) is 18.8. The van der Waals surface area contributed by atoms with Crippen molar-refractivity contribution in [2.45, 2.75) is 44.7 Å². The highest BCUT2D eigenvalue weighted by Gasteiger charge is 2.37. The summed E-state index contributed by atoms with van der Waals surface area (Å²) in [6.45, 7) is 5.13. The largest absolute Gasteiger partial charge is 0.505 e. The van der Waals surface area contributed by atoms with E-state index in [1.807, 2.05) is 23.3 Å². The Hall–Kier alpha value is -2.85. The Morgan fingerprint density at radius 1 is 1.29 bits per heavy atom. The number of carbonyl (C=O) groups excluding carboxylic acids is 1. The van der Waals surface area contributed by atoms with Gasteiger partial charge < -0.3 is 29.8 Å². The molecule has 3 N–H and O–H groups in total. The lowest BCUT2D eigenvalue weighted by atomic mass is 9.88. The standard InChI is InChI=1S/C24H28FN3O5S/c1-24(2,26)11-7-8-27(10-11)17-14(25)9-13-16(20(17)32-3)28(12-5-6-12)22-15(18(13)29)19(30)21(34-22)23(31)33-4/h9,11-12,30H,5-8,10,26H2,1-4H3. The number of anilines is 1. The predicted molar refractivity (Wildman–Crippen MR) is 130 cm³/mol. The average molecular weight is 490 g/mol. The molecule has 0 radical (unpaired) electrons. The zero-order valence-electron chi connectivity index (χ0n) is 19.6. The monoisotopic (exact) mass is 489 g/mol. The van der Waals surface area contributed by atoms with Gasteiger partial charge in [-0.05, 0) is 45.1 Å². The second-order valence-corrected chi connectivity index (χ2v) is 10.8. The van der Waals surface area contributed by atoms with Gasteiger partial charge in [0.1, 0.15) is 15.9 Å². The first-order chi connectivity index (χ1) is 16.1. The molecule has 1 unspecified atom stereocenters. The number of fused-ring (bicyclic) bond motifs is 2. The molecule has 5 rings (SSSR count). The van der Waals surface area contributed by atoms with Gasteiger partial charge in [0.25, 0.3) is 0 Å². The summed E-state index contributed by atoms with van der Waals surface area (Å²) in [5.74, 6) is -1.26. The number of ether oxygens (including phenoxy) is 2. The molecule has 1 saturated heterocycles. The summed E-state index contributed by atoms with van der Waals surface area (Å²) < 4.78 is 28.1. The van der Waals surface area contributed by atoms with Crippen LogP contribution in [0.25, 0.3) is 21.1 Å². The zero-order valence-corrected chi connectivity index (χ0v) is 20.4. The first-order valence-electron chi connectivity index (χ1n) is 11.3. The number of nitrogens with two attached hydrogens (primary N) is 1. The second-order valence-electron chi connectivity index (χ2n) is 9.77. The van der Waals surface area contributed by atoms with Crippen molar-refractivity contribution in [3.05, 3.63) is 27.0 Å². The number of aromatic nitrogens is 1. The second kappa shape index (κ2) is 7.84. The van der Waals surface area contributed by atoms with Gasteiger partial charge >= 0.3 is 5.97 Å². The lowest BCUT2D eigenvalue weighted by molar-refractivity contribution is 0.0603. The average Bonchev–Trinajstić information content (AvgIpc) is 3.38. The SMILES string of the molecule is COC(=O)c1sc2c(c1O)c(=O)c1cc(F)c(N3CCC(C(C)(C)N)C3)c(OC)c1n2C1CC1. The number of halogens is 1. The minimum atomic E-state index is -0.726. The molecular weight excluding hydrogens is 461 g/mol. The molecule has 2 aromatic heterocycles. The highest BCUT2D eigenvalue weighted by atomic mass is 32.1. The molecule has 8 nitrogen and oxygen atoms in total. The minimum absolute atomic E-state index is 0.00474. The summed E-state index contributed by atoms with van der Waals surface area (Å²) in [5, 5.41) is 10.9. The van der Waals surface area contributed by atoms with Crippen LogP contribution in [-0.2, 0) is 4.74 Å². The number of aromatic hydroxyl groups is 1. The van der Waals surface area contributed by atoms with Gasteiger partial charge in [-0.2, -0.15) is 0 Å². The van der Waals surface area contributed by atoms with E-state index in [2.05, 4.69) is 0 Å². The molecule has 3 heterocycles. The lowest BCUT2D eigenvalue weighted by Gasteiger charge is -2.28. The molecule has 182 valence electrons. The molecule has 1 aliphatic heterocycles. The Morgan fingerprint density at radius 3 is 2.56 bits per heavy atom. The first kappa shape index (κ1) is 22.9. The first-order valence-corrected chi connectivity index (χ1v) is 12.1. The summed E-state index contributed by atoms with van der Waals surface area (Å²) in [6, 6.07) is 1.28. The van der Waals surface area contributed by atoms with Crippen LogP contribution in [0.15, 0.2) is 10.9 Å². The van der Waals surface area contributed by atoms with Gasteiger partial charge in [0.15, 0.2) is 22.2 Å². The fraction of sp³-hybridized carbons (Fsp3) is 0.500. The van der Waals surface area contributed by atoms with Gasteiger partial charge in [-0.1, -0.05) is 0 Å². The molecule has 1 atom stereocenters. The van der Waals surface area contributed by atoms with E-state index in [-0.39, 0.29) is 33.4 Å². The molecule has 2 fully saturated rings. The van der Waals surface area contributed by atoms with Gasteiger partial charge in [0, 0.05) is 24.7 Å². The number of hydrogen-bond donors (Lipinski definition) is 2. The fourth-order valence-corrected chi connectivity index (χ4v) is 6.20. The zero-order chi connectivity index (χ0) is 24.5. The third-order valence-electron chi connectivity index (χ3n) is 7.02. The highest BCUT2D eigenvalue weighted by Crippen LogP contribution is 2.49. The molecule has 1 aromatic carbocycles. The predicted octanol–water partition coefficient (Wildman–Crippen LogP) is 3.75. The number of rotatable bonds is 5. The van der Waals surface area contributed by atoms with Gasteiger partial charge in [-0.25, -0.2) is 9.18 Å². The van der Waals surface area contributed by atoms with E-state index in [0.717, 1.165) is 30.6 Å². The summed E-state index contributed by atoms with van der Waals surface area (Å²) in [6.07, 6.45) is 2.55. The summed E-state index contributed by atoms with van der Waals surface area (Å²) in [7, 11) is 2.68. The third-order valence-corrected chi connectivity index (χ3v) is 8.18. The van der Waals surface area contributed by atoms with Crippen molar-refractivity contribution >= 4 is 44.1 Å². The van der Waals surface area contributed by atoms with E-state index in [0.29, 0.717) is 29.1 Å². The molecule has 2 aliphatic rings. The number of benzene rings is 1. The molecule has 0 bridgehead atoms. The highest BCUT2D eigenvalue weighted by molar-refractivity contribution is 7.21. The number of esters is 1. The van der Waals surface area contributed by atoms with Crippen LogP contribution in [0.1, 0.15) is 48.8 Å². The van der Waals surface area contributed by atoms with Crippen molar-refractivity contribution in [2.75, 3.05) is 32.2 Å². The molecule has 1 saturated carbocycles. The van der Waals surface area contributed by atoms with Crippen LogP contribution in [0.4, 0.5) is 10.1 Å². The van der Waals surface area contributed by atoms with E-state index < -0.39 is 28.5 Å². The maximum atomic E-state index is 15.6. The van der Waals surface area contributed by atoms with E-state index >= 15 is 4.39 Å². The van der Waals surface area contributed by atoms with Crippen molar-refractivity contribution in [3.8, 4) is 11.5 Å². The van der Waals surface area contributed by atoms with Crippen LogP contribution < -0.4 is 20.8 Å². The number of hydrogen-bond acceptors (Lipinski definition) is 8. The van der Waals surface area contributed by atoms with Crippen molar-refractivity contribution in [1.82, 2.24) is 4.57 Å². The van der Waals surface area contributed by atoms with E-state index in [4.69, 9.17) is 15.2 Å². The van der Waals surface area contributed by atoms with Crippen LogP contribution >= 0.6 is 11.3 Å².